The molecule has 1 saturated heterocycles. The van der Waals surface area contributed by atoms with E-state index in [1.54, 1.807) is 16.2 Å². The fourth-order valence-electron chi connectivity index (χ4n) is 2.47. The van der Waals surface area contributed by atoms with Crippen LogP contribution >= 0.6 is 11.3 Å². The monoisotopic (exact) mass is 336 g/mol. The zero-order valence-electron chi connectivity index (χ0n) is 13.5. The molecular weight excluding hydrogens is 316 g/mol. The summed E-state index contributed by atoms with van der Waals surface area (Å²) in [6.45, 7) is 7.32. The SMILES string of the molecule is Cc1nc(CC(=O)N2CCOC[C@@H]2c2nnc(C(C)C)o2)cs1. The number of aryl methyl sites for hydroxylation is 1. The van der Waals surface area contributed by atoms with Gasteiger partial charge in [0.2, 0.25) is 17.7 Å². The Kier molecular flexibility index (Phi) is 4.72. The number of carbonyl (C=O) groups excluding carboxylic acids is 1. The van der Waals surface area contributed by atoms with Crippen LogP contribution in [-0.2, 0) is 16.0 Å². The Labute approximate surface area is 138 Å². The predicted octanol–water partition coefficient (Wildman–Crippen LogP) is 2.10. The molecule has 3 rings (SSSR count). The normalized spacial score (nSPS) is 18.6. The van der Waals surface area contributed by atoms with Crippen molar-refractivity contribution in [3.8, 4) is 0 Å². The minimum Gasteiger partial charge on any atom is -0.423 e. The lowest BCUT2D eigenvalue weighted by atomic mass is 10.2. The van der Waals surface area contributed by atoms with Crippen LogP contribution in [0.4, 0.5) is 0 Å². The standard InChI is InChI=1S/C15H20N4O3S/c1-9(2)14-17-18-15(22-14)12-7-21-5-4-19(12)13(20)6-11-8-23-10(3)16-11/h8-9,12H,4-7H2,1-3H3/t12-/m1/s1. The number of hydrogen-bond acceptors (Lipinski definition) is 7. The molecule has 0 aliphatic carbocycles. The van der Waals surface area contributed by atoms with Crippen molar-refractivity contribution in [2.45, 2.75) is 39.2 Å². The topological polar surface area (TPSA) is 81.4 Å². The molecule has 3 heterocycles. The Bertz CT molecular complexity index is 682. The summed E-state index contributed by atoms with van der Waals surface area (Å²) in [5, 5.41) is 11.0. The number of ether oxygens (including phenoxy) is 1. The highest BCUT2D eigenvalue weighted by atomic mass is 32.1. The van der Waals surface area contributed by atoms with Gasteiger partial charge in [-0.1, -0.05) is 13.8 Å². The van der Waals surface area contributed by atoms with E-state index in [9.17, 15) is 4.79 Å². The maximum absolute atomic E-state index is 12.6. The number of nitrogens with zero attached hydrogens (tertiary/aromatic N) is 4. The van der Waals surface area contributed by atoms with Gasteiger partial charge in [-0.15, -0.1) is 21.5 Å². The van der Waals surface area contributed by atoms with Crippen LogP contribution in [-0.4, -0.2) is 45.7 Å². The summed E-state index contributed by atoms with van der Waals surface area (Å²) >= 11 is 1.55. The van der Waals surface area contributed by atoms with E-state index < -0.39 is 0 Å². The molecule has 1 aliphatic heterocycles. The van der Waals surface area contributed by atoms with E-state index in [1.165, 1.54) is 0 Å². The van der Waals surface area contributed by atoms with Gasteiger partial charge in [0, 0.05) is 17.8 Å². The molecule has 0 unspecified atom stereocenters. The Hall–Kier alpha value is -1.80. The lowest BCUT2D eigenvalue weighted by Gasteiger charge is -2.33. The third-order valence-electron chi connectivity index (χ3n) is 3.68. The van der Waals surface area contributed by atoms with Crippen LogP contribution in [0.1, 0.15) is 48.3 Å². The molecule has 0 bridgehead atoms. The minimum absolute atomic E-state index is 0.00731. The number of morpholine rings is 1. The van der Waals surface area contributed by atoms with Gasteiger partial charge in [-0.2, -0.15) is 0 Å². The highest BCUT2D eigenvalue weighted by molar-refractivity contribution is 7.09. The molecule has 0 radical (unpaired) electrons. The van der Waals surface area contributed by atoms with E-state index in [0.717, 1.165) is 10.7 Å². The lowest BCUT2D eigenvalue weighted by molar-refractivity contribution is -0.140. The molecule has 0 spiro atoms. The van der Waals surface area contributed by atoms with Gasteiger partial charge < -0.3 is 14.1 Å². The van der Waals surface area contributed by atoms with E-state index in [0.29, 0.717) is 31.5 Å². The van der Waals surface area contributed by atoms with Crippen molar-refractivity contribution in [1.29, 1.82) is 0 Å². The van der Waals surface area contributed by atoms with Crippen molar-refractivity contribution in [1.82, 2.24) is 20.1 Å². The maximum Gasteiger partial charge on any atom is 0.241 e. The first-order chi connectivity index (χ1) is 11.0. The largest absolute Gasteiger partial charge is 0.423 e. The Morgan fingerprint density at radius 2 is 2.30 bits per heavy atom. The molecule has 7 nitrogen and oxygen atoms in total. The van der Waals surface area contributed by atoms with Gasteiger partial charge in [0.15, 0.2) is 0 Å². The van der Waals surface area contributed by atoms with Gasteiger partial charge in [0.1, 0.15) is 6.04 Å². The fraction of sp³-hybridized carbons (Fsp3) is 0.600. The third-order valence-corrected chi connectivity index (χ3v) is 4.51. The molecule has 0 aromatic carbocycles. The van der Waals surface area contributed by atoms with E-state index in [4.69, 9.17) is 9.15 Å². The first kappa shape index (κ1) is 16.1. The van der Waals surface area contributed by atoms with Gasteiger partial charge in [-0.3, -0.25) is 4.79 Å². The van der Waals surface area contributed by atoms with Gasteiger partial charge in [0.25, 0.3) is 0 Å². The fourth-order valence-corrected chi connectivity index (χ4v) is 3.08. The van der Waals surface area contributed by atoms with Gasteiger partial charge >= 0.3 is 0 Å². The van der Waals surface area contributed by atoms with Crippen LogP contribution in [0, 0.1) is 6.92 Å². The van der Waals surface area contributed by atoms with Crippen molar-refractivity contribution < 1.29 is 13.9 Å². The third kappa shape index (κ3) is 3.59. The van der Waals surface area contributed by atoms with Crippen molar-refractivity contribution in [2.75, 3.05) is 19.8 Å². The molecule has 8 heteroatoms. The Morgan fingerprint density at radius 3 is 2.96 bits per heavy atom. The molecule has 2 aromatic rings. The van der Waals surface area contributed by atoms with Gasteiger partial charge in [0.05, 0.1) is 30.3 Å². The second kappa shape index (κ2) is 6.76. The molecule has 1 fully saturated rings. The van der Waals surface area contributed by atoms with Crippen molar-refractivity contribution in [3.63, 3.8) is 0 Å². The van der Waals surface area contributed by atoms with Gasteiger partial charge in [-0.25, -0.2) is 4.98 Å². The van der Waals surface area contributed by atoms with E-state index in [-0.39, 0.29) is 24.3 Å². The molecule has 23 heavy (non-hydrogen) atoms. The number of aromatic nitrogens is 3. The van der Waals surface area contributed by atoms with Crippen LogP contribution in [0.25, 0.3) is 0 Å². The van der Waals surface area contributed by atoms with Crippen molar-refractivity contribution >= 4 is 17.2 Å². The second-order valence-electron chi connectivity index (χ2n) is 5.85. The molecule has 1 atom stereocenters. The number of thiazole rings is 1. The summed E-state index contributed by atoms with van der Waals surface area (Å²) in [6, 6.07) is -0.323. The molecule has 124 valence electrons. The summed E-state index contributed by atoms with van der Waals surface area (Å²) in [6.07, 6.45) is 0.284. The zero-order chi connectivity index (χ0) is 16.4. The van der Waals surface area contributed by atoms with Crippen LogP contribution in [0.5, 0.6) is 0 Å². The summed E-state index contributed by atoms with van der Waals surface area (Å²) in [4.78, 5) is 18.8. The smallest absolute Gasteiger partial charge is 0.241 e. The summed E-state index contributed by atoms with van der Waals surface area (Å²) in [5.74, 6) is 1.18. The number of rotatable bonds is 4. The molecule has 0 saturated carbocycles. The number of amides is 1. The van der Waals surface area contributed by atoms with Crippen LogP contribution in [0.3, 0.4) is 0 Å². The lowest BCUT2D eigenvalue weighted by Crippen LogP contribution is -2.44. The summed E-state index contributed by atoms with van der Waals surface area (Å²) in [5.41, 5.74) is 0.802. The second-order valence-corrected chi connectivity index (χ2v) is 6.91. The van der Waals surface area contributed by atoms with E-state index in [2.05, 4.69) is 15.2 Å². The minimum atomic E-state index is -0.323. The number of hydrogen-bond donors (Lipinski definition) is 0. The van der Waals surface area contributed by atoms with Crippen molar-refractivity contribution in [2.24, 2.45) is 0 Å². The van der Waals surface area contributed by atoms with E-state index >= 15 is 0 Å². The van der Waals surface area contributed by atoms with Crippen LogP contribution in [0.15, 0.2) is 9.80 Å². The molecule has 2 aromatic heterocycles. The maximum atomic E-state index is 12.6. The van der Waals surface area contributed by atoms with E-state index in [1.807, 2.05) is 26.2 Å². The molecular formula is C15H20N4O3S. The molecule has 1 aliphatic rings. The average molecular weight is 336 g/mol. The average Bonchev–Trinajstić information content (AvgIpc) is 3.16. The Balaban J connectivity index is 1.76. The molecule has 1 amide bonds. The first-order valence-electron chi connectivity index (χ1n) is 7.66. The van der Waals surface area contributed by atoms with Crippen molar-refractivity contribution in [3.05, 3.63) is 27.9 Å². The van der Waals surface area contributed by atoms with Crippen LogP contribution in [0.2, 0.25) is 0 Å². The van der Waals surface area contributed by atoms with Gasteiger partial charge in [-0.05, 0) is 6.92 Å². The zero-order valence-corrected chi connectivity index (χ0v) is 14.3. The molecule has 0 N–H and O–H groups in total. The first-order valence-corrected chi connectivity index (χ1v) is 8.54. The highest BCUT2D eigenvalue weighted by Crippen LogP contribution is 2.26. The van der Waals surface area contributed by atoms with Crippen LogP contribution < -0.4 is 0 Å². The highest BCUT2D eigenvalue weighted by Gasteiger charge is 2.33. The number of carbonyl (C=O) groups is 1. The quantitative estimate of drug-likeness (QED) is 0.850. The Morgan fingerprint density at radius 1 is 1.48 bits per heavy atom. The summed E-state index contributed by atoms with van der Waals surface area (Å²) < 4.78 is 11.2. The predicted molar refractivity (Wildman–Crippen MR) is 84.2 cm³/mol. The summed E-state index contributed by atoms with van der Waals surface area (Å²) in [7, 11) is 0.